The molecule has 0 radical (unpaired) electrons. The molecule has 6 heteroatoms. The summed E-state index contributed by atoms with van der Waals surface area (Å²) in [5, 5.41) is 11.7. The number of rotatable bonds is 3. The number of alkyl carbamates (subject to hydrolysis) is 1. The number of carbonyl (C=O) groups excluding carboxylic acids is 1. The summed E-state index contributed by atoms with van der Waals surface area (Å²) in [5.41, 5.74) is -0.611. The second kappa shape index (κ2) is 10.5. The molecule has 1 fully saturated rings. The quantitative estimate of drug-likeness (QED) is 0.649. The molecule has 0 saturated heterocycles. The second-order valence-corrected chi connectivity index (χ2v) is 5.86. The first kappa shape index (κ1) is 23.1. The van der Waals surface area contributed by atoms with Crippen LogP contribution in [-0.2, 0) is 9.53 Å². The fourth-order valence-corrected chi connectivity index (χ4v) is 2.28. The molecule has 5 nitrogen and oxygen atoms in total. The third kappa shape index (κ3) is 8.94. The Balaban J connectivity index is 0. The maximum Gasteiger partial charge on any atom is 1.00 e. The molecule has 0 aromatic rings. The van der Waals surface area contributed by atoms with Gasteiger partial charge in [-0.05, 0) is 39.5 Å². The van der Waals surface area contributed by atoms with Crippen LogP contribution in [0.5, 0.6) is 0 Å². The first-order valence-corrected chi connectivity index (χ1v) is 6.52. The maximum absolute atomic E-state index is 11.6. The van der Waals surface area contributed by atoms with Gasteiger partial charge in [-0.3, -0.25) is 0 Å². The van der Waals surface area contributed by atoms with E-state index in [-0.39, 0.29) is 82.2 Å². The van der Waals surface area contributed by atoms with Crippen LogP contribution in [-0.4, -0.2) is 28.8 Å². The predicted molar refractivity (Wildman–Crippen MR) is 73.8 cm³/mol. The Morgan fingerprint density at radius 1 is 1.20 bits per heavy atom. The van der Waals surface area contributed by atoms with Crippen molar-refractivity contribution in [3.05, 3.63) is 7.43 Å². The van der Waals surface area contributed by atoms with E-state index in [4.69, 9.17) is 4.74 Å². The molecule has 1 aliphatic carbocycles. The molecule has 2 N–H and O–H groups in total. The van der Waals surface area contributed by atoms with Crippen molar-refractivity contribution >= 4 is 12.1 Å². The number of carboxylic acid groups (broad SMARTS) is 1. The minimum absolute atomic E-state index is 0. The van der Waals surface area contributed by atoms with E-state index in [1.165, 1.54) is 0 Å². The van der Waals surface area contributed by atoms with E-state index in [9.17, 15) is 14.7 Å². The average Bonchev–Trinajstić information content (AvgIpc) is 2.24. The van der Waals surface area contributed by atoms with Crippen molar-refractivity contribution in [2.24, 2.45) is 5.92 Å². The number of hydrogen-bond acceptors (Lipinski definition) is 3. The van der Waals surface area contributed by atoms with Gasteiger partial charge in [0.05, 0.1) is 0 Å². The molecule has 0 aromatic heterocycles. The van der Waals surface area contributed by atoms with E-state index in [0.29, 0.717) is 0 Å². The SMILES string of the molecule is CC(C)(C)OC(=O)NC(C(=O)O)C1CCCCC1.[CH3-].[Cs+]. The Kier molecular flexibility index (Phi) is 12.1. The predicted octanol–water partition coefficient (Wildman–Crippen LogP) is -0.00111. The zero-order valence-corrected chi connectivity index (χ0v) is 19.6. The van der Waals surface area contributed by atoms with Gasteiger partial charge in [0.25, 0.3) is 0 Å². The molecule has 1 aliphatic rings. The molecule has 0 spiro atoms. The molecule has 1 atom stereocenters. The van der Waals surface area contributed by atoms with Gasteiger partial charge in [-0.25, -0.2) is 9.59 Å². The summed E-state index contributed by atoms with van der Waals surface area (Å²) in [7, 11) is 0. The minimum Gasteiger partial charge on any atom is -0.480 e. The minimum atomic E-state index is -0.979. The summed E-state index contributed by atoms with van der Waals surface area (Å²) in [6.45, 7) is 5.26. The van der Waals surface area contributed by atoms with Gasteiger partial charge in [0.15, 0.2) is 0 Å². The summed E-state index contributed by atoms with van der Waals surface area (Å²) in [5.74, 6) is -0.962. The number of carbonyl (C=O) groups is 2. The van der Waals surface area contributed by atoms with Gasteiger partial charge in [0.2, 0.25) is 0 Å². The Hall–Kier alpha value is 0.792. The molecule has 112 valence electrons. The Labute approximate surface area is 181 Å². The van der Waals surface area contributed by atoms with Crippen LogP contribution >= 0.6 is 0 Å². The molecule has 0 aromatic carbocycles. The molecule has 1 unspecified atom stereocenters. The van der Waals surface area contributed by atoms with Crippen LogP contribution in [0.15, 0.2) is 0 Å². The maximum atomic E-state index is 11.6. The van der Waals surface area contributed by atoms with Crippen LogP contribution in [0.4, 0.5) is 4.79 Å². The van der Waals surface area contributed by atoms with Gasteiger partial charge in [0, 0.05) is 0 Å². The van der Waals surface area contributed by atoms with Crippen LogP contribution in [0.2, 0.25) is 0 Å². The van der Waals surface area contributed by atoms with E-state index in [1.54, 1.807) is 20.8 Å². The van der Waals surface area contributed by atoms with Gasteiger partial charge in [-0.2, -0.15) is 0 Å². The molecule has 1 amide bonds. The monoisotopic (exact) mass is 405 g/mol. The van der Waals surface area contributed by atoms with E-state index < -0.39 is 23.7 Å². The third-order valence-electron chi connectivity index (χ3n) is 3.06. The van der Waals surface area contributed by atoms with E-state index in [0.717, 1.165) is 32.1 Å². The molecule has 20 heavy (non-hydrogen) atoms. The van der Waals surface area contributed by atoms with Crippen molar-refractivity contribution in [2.75, 3.05) is 0 Å². The van der Waals surface area contributed by atoms with Gasteiger partial charge in [-0.15, -0.1) is 0 Å². The van der Waals surface area contributed by atoms with Gasteiger partial charge >= 0.3 is 81.0 Å². The first-order valence-electron chi connectivity index (χ1n) is 6.52. The van der Waals surface area contributed by atoms with Crippen LogP contribution in [0.3, 0.4) is 0 Å². The number of aliphatic carboxylic acids is 1. The van der Waals surface area contributed by atoms with Crippen molar-refractivity contribution in [2.45, 2.75) is 64.5 Å². The van der Waals surface area contributed by atoms with Crippen molar-refractivity contribution < 1.29 is 88.3 Å². The molecular weight excluding hydrogens is 379 g/mol. The summed E-state index contributed by atoms with van der Waals surface area (Å²) in [6.07, 6.45) is 4.27. The number of ether oxygens (including phenoxy) is 1. The fourth-order valence-electron chi connectivity index (χ4n) is 2.28. The van der Waals surface area contributed by atoms with Crippen LogP contribution in [0.25, 0.3) is 0 Å². The zero-order chi connectivity index (χ0) is 13.8. The molecule has 0 aliphatic heterocycles. The smallest absolute Gasteiger partial charge is 0.480 e. The van der Waals surface area contributed by atoms with E-state index in [1.807, 2.05) is 0 Å². The Morgan fingerprint density at radius 3 is 2.10 bits per heavy atom. The summed E-state index contributed by atoms with van der Waals surface area (Å²) < 4.78 is 5.10. The van der Waals surface area contributed by atoms with E-state index in [2.05, 4.69) is 5.32 Å². The number of nitrogens with one attached hydrogen (secondary N) is 1. The first-order chi connectivity index (χ1) is 8.29. The van der Waals surface area contributed by atoms with E-state index >= 15 is 0 Å². The second-order valence-electron chi connectivity index (χ2n) is 5.86. The number of carboxylic acids is 1. The summed E-state index contributed by atoms with van der Waals surface area (Å²) in [4.78, 5) is 22.8. The standard InChI is InChI=1S/C13H23NO4.CH3.Cs/c1-13(2,3)18-12(17)14-10(11(15)16)9-7-5-4-6-8-9;;/h9-10H,4-8H2,1-3H3,(H,14,17)(H,15,16);1H3;/q;-1;+1. The van der Waals surface area contributed by atoms with Crippen molar-refractivity contribution in [3.8, 4) is 0 Å². The Bertz CT molecular complexity index is 309. The summed E-state index contributed by atoms with van der Waals surface area (Å²) >= 11 is 0. The zero-order valence-electron chi connectivity index (χ0n) is 13.4. The summed E-state index contributed by atoms with van der Waals surface area (Å²) in [6, 6.07) is -0.833. The normalized spacial score (nSPS) is 17.1. The molecule has 0 bridgehead atoms. The van der Waals surface area contributed by atoms with Gasteiger partial charge in [0.1, 0.15) is 11.6 Å². The molecule has 1 rings (SSSR count). The van der Waals surface area contributed by atoms with Gasteiger partial charge < -0.3 is 22.6 Å². The van der Waals surface area contributed by atoms with Crippen LogP contribution in [0.1, 0.15) is 52.9 Å². The topological polar surface area (TPSA) is 75.6 Å². The van der Waals surface area contributed by atoms with Crippen molar-refractivity contribution in [3.63, 3.8) is 0 Å². The molecule has 0 heterocycles. The van der Waals surface area contributed by atoms with Crippen molar-refractivity contribution in [1.29, 1.82) is 0 Å². The Morgan fingerprint density at radius 2 is 1.70 bits per heavy atom. The number of amides is 1. The van der Waals surface area contributed by atoms with Crippen molar-refractivity contribution in [1.82, 2.24) is 5.32 Å². The average molecular weight is 405 g/mol. The van der Waals surface area contributed by atoms with Gasteiger partial charge in [-0.1, -0.05) is 19.3 Å². The van der Waals surface area contributed by atoms with Crippen LogP contribution < -0.4 is 74.2 Å². The largest absolute Gasteiger partial charge is 1.00 e. The third-order valence-corrected chi connectivity index (χ3v) is 3.06. The molecular formula is C14H26CsNO4. The van der Waals surface area contributed by atoms with Crippen LogP contribution in [0, 0.1) is 13.3 Å². The number of hydrogen-bond donors (Lipinski definition) is 2. The molecule has 1 saturated carbocycles. The fraction of sp³-hybridized carbons (Fsp3) is 0.786.